The summed E-state index contributed by atoms with van der Waals surface area (Å²) < 4.78 is 21.2. The maximum absolute atomic E-state index is 11.0. The second kappa shape index (κ2) is 13.3. The fourth-order valence-corrected chi connectivity index (χ4v) is 2.24. The van der Waals surface area contributed by atoms with Gasteiger partial charge in [0.15, 0.2) is 0 Å². The average molecular weight is 270 g/mol. The number of hydrogen-bond acceptors (Lipinski definition) is 4. The summed E-state index contributed by atoms with van der Waals surface area (Å²) in [6.45, 7) is 5.23. The Labute approximate surface area is 104 Å². The lowest BCUT2D eigenvalue weighted by Gasteiger charge is -2.02. The molecule has 4 N–H and O–H groups in total. The van der Waals surface area contributed by atoms with Gasteiger partial charge in [-0.25, -0.2) is 0 Å². The summed E-state index contributed by atoms with van der Waals surface area (Å²) in [4.78, 5) is 0. The molecule has 0 fully saturated rings. The molecular weight excluding hydrogens is 244 g/mol. The second-order valence-corrected chi connectivity index (χ2v) is 7.36. The molecule has 2 unspecified atom stereocenters. The Morgan fingerprint density at radius 2 is 1.44 bits per heavy atom. The van der Waals surface area contributed by atoms with Crippen LogP contribution < -0.4 is 11.5 Å². The Balaban J connectivity index is 0. The molecule has 4 nitrogen and oxygen atoms in total. The molecule has 0 radical (unpaired) electrons. The molecule has 16 heavy (non-hydrogen) atoms. The summed E-state index contributed by atoms with van der Waals surface area (Å²) >= 11 is 0. The maximum Gasteiger partial charge on any atom is 0.0291 e. The minimum absolute atomic E-state index is 0.288. The van der Waals surface area contributed by atoms with E-state index in [1.807, 2.05) is 13.8 Å². The van der Waals surface area contributed by atoms with Crippen molar-refractivity contribution < 1.29 is 8.42 Å². The predicted molar refractivity (Wildman–Crippen MR) is 74.4 cm³/mol. The molecule has 0 saturated carbocycles. The standard InChI is InChI=1S/C6H15NOS.C4H11NOS/c1-6(2)9(8)5-3-4-7;1-7(6)4-2-3-5/h6H,3-5,7H2,1-2H3;2-5H2,1H3. The van der Waals surface area contributed by atoms with Crippen molar-refractivity contribution in [3.05, 3.63) is 0 Å². The van der Waals surface area contributed by atoms with Gasteiger partial charge in [0, 0.05) is 44.6 Å². The summed E-state index contributed by atoms with van der Waals surface area (Å²) in [6.07, 6.45) is 3.45. The van der Waals surface area contributed by atoms with Crippen molar-refractivity contribution in [1.29, 1.82) is 0 Å². The minimum atomic E-state index is -0.652. The van der Waals surface area contributed by atoms with Gasteiger partial charge in [-0.3, -0.25) is 8.42 Å². The number of rotatable bonds is 7. The lowest BCUT2D eigenvalue weighted by atomic mass is 10.5. The van der Waals surface area contributed by atoms with E-state index in [2.05, 4.69) is 0 Å². The Morgan fingerprint density at radius 3 is 1.69 bits per heavy atom. The predicted octanol–water partition coefficient (Wildman–Crippen LogP) is 0.206. The monoisotopic (exact) mass is 270 g/mol. The van der Waals surface area contributed by atoms with Gasteiger partial charge in [-0.2, -0.15) is 0 Å². The minimum Gasteiger partial charge on any atom is -0.330 e. The van der Waals surface area contributed by atoms with Crippen LogP contribution in [0.3, 0.4) is 0 Å². The van der Waals surface area contributed by atoms with Crippen molar-refractivity contribution in [2.75, 3.05) is 30.9 Å². The van der Waals surface area contributed by atoms with Crippen LogP contribution in [0.1, 0.15) is 26.7 Å². The van der Waals surface area contributed by atoms with Crippen molar-refractivity contribution in [2.45, 2.75) is 31.9 Å². The lowest BCUT2D eigenvalue weighted by Crippen LogP contribution is -2.12. The van der Waals surface area contributed by atoms with Gasteiger partial charge in [0.05, 0.1) is 0 Å². The molecule has 0 aromatic carbocycles. The molecular formula is C10H26N2O2S2. The van der Waals surface area contributed by atoms with Crippen LogP contribution in [0.4, 0.5) is 0 Å². The molecule has 0 aromatic rings. The van der Waals surface area contributed by atoms with E-state index >= 15 is 0 Å². The van der Waals surface area contributed by atoms with Crippen molar-refractivity contribution in [3.8, 4) is 0 Å². The Bertz CT molecular complexity index is 199. The van der Waals surface area contributed by atoms with E-state index < -0.39 is 21.6 Å². The first-order valence-electron chi connectivity index (χ1n) is 5.53. The highest BCUT2D eigenvalue weighted by Gasteiger charge is 2.02. The Kier molecular flexibility index (Phi) is 15.4. The maximum atomic E-state index is 11.0. The molecule has 6 heteroatoms. The molecule has 0 saturated heterocycles. The molecule has 0 aromatic heterocycles. The number of nitrogens with two attached hydrogens (primary N) is 2. The molecule has 0 aliphatic rings. The van der Waals surface area contributed by atoms with Crippen LogP contribution in [0.2, 0.25) is 0 Å². The zero-order valence-electron chi connectivity index (χ0n) is 10.6. The smallest absolute Gasteiger partial charge is 0.0291 e. The van der Waals surface area contributed by atoms with Crippen molar-refractivity contribution in [1.82, 2.24) is 0 Å². The first-order valence-corrected chi connectivity index (χ1v) is 8.64. The highest BCUT2D eigenvalue weighted by Crippen LogP contribution is 1.94. The normalized spacial score (nSPS) is 14.1. The molecule has 100 valence electrons. The summed E-state index contributed by atoms with van der Waals surface area (Å²) in [5, 5.41) is 0.288. The molecule has 0 bridgehead atoms. The van der Waals surface area contributed by atoms with Gasteiger partial charge < -0.3 is 11.5 Å². The number of hydrogen-bond donors (Lipinski definition) is 2. The third-order valence-electron chi connectivity index (χ3n) is 1.71. The van der Waals surface area contributed by atoms with Crippen LogP contribution in [-0.4, -0.2) is 44.5 Å². The zero-order chi connectivity index (χ0) is 13.0. The van der Waals surface area contributed by atoms with Crippen molar-refractivity contribution in [2.24, 2.45) is 11.5 Å². The van der Waals surface area contributed by atoms with Gasteiger partial charge >= 0.3 is 0 Å². The first kappa shape index (κ1) is 18.6. The van der Waals surface area contributed by atoms with Gasteiger partial charge in [-0.15, -0.1) is 0 Å². The molecule has 0 heterocycles. The summed E-state index contributed by atoms with van der Waals surface area (Å²) in [6, 6.07) is 0. The quantitative estimate of drug-likeness (QED) is 0.692. The zero-order valence-corrected chi connectivity index (χ0v) is 12.2. The van der Waals surface area contributed by atoms with Crippen LogP contribution in [-0.2, 0) is 21.6 Å². The highest BCUT2D eigenvalue weighted by atomic mass is 32.2. The first-order chi connectivity index (χ1) is 7.45. The van der Waals surface area contributed by atoms with E-state index in [4.69, 9.17) is 11.5 Å². The molecule has 0 spiro atoms. The van der Waals surface area contributed by atoms with Crippen LogP contribution in [0, 0.1) is 0 Å². The fraction of sp³-hybridized carbons (Fsp3) is 1.00. The molecule has 2 atom stereocenters. The van der Waals surface area contributed by atoms with Crippen molar-refractivity contribution in [3.63, 3.8) is 0 Å². The summed E-state index contributed by atoms with van der Waals surface area (Å²) in [5.74, 6) is 1.50. The lowest BCUT2D eigenvalue weighted by molar-refractivity contribution is 0.674. The van der Waals surface area contributed by atoms with Crippen LogP contribution in [0.5, 0.6) is 0 Å². The van der Waals surface area contributed by atoms with E-state index in [9.17, 15) is 8.42 Å². The van der Waals surface area contributed by atoms with Gasteiger partial charge in [0.25, 0.3) is 0 Å². The average Bonchev–Trinajstić information content (AvgIpc) is 2.23. The van der Waals surface area contributed by atoms with Crippen LogP contribution in [0.25, 0.3) is 0 Å². The SMILES string of the molecule is CC(C)S(=O)CCCN.CS(=O)CCCN. The second-order valence-electron chi connectivity index (χ2n) is 3.70. The largest absolute Gasteiger partial charge is 0.330 e. The van der Waals surface area contributed by atoms with Gasteiger partial charge in [0.2, 0.25) is 0 Å². The van der Waals surface area contributed by atoms with E-state index in [1.165, 1.54) is 0 Å². The summed E-state index contributed by atoms with van der Waals surface area (Å²) in [7, 11) is -1.30. The van der Waals surface area contributed by atoms with Crippen LogP contribution >= 0.6 is 0 Å². The third kappa shape index (κ3) is 16.6. The van der Waals surface area contributed by atoms with E-state index in [0.29, 0.717) is 13.1 Å². The van der Waals surface area contributed by atoms with Gasteiger partial charge in [0.1, 0.15) is 0 Å². The third-order valence-corrected chi connectivity index (χ3v) is 4.32. The van der Waals surface area contributed by atoms with E-state index in [-0.39, 0.29) is 5.25 Å². The van der Waals surface area contributed by atoms with E-state index in [1.54, 1.807) is 6.26 Å². The topological polar surface area (TPSA) is 86.2 Å². The van der Waals surface area contributed by atoms with Gasteiger partial charge in [-0.05, 0) is 25.9 Å². The Hall–Kier alpha value is 0.220. The molecule has 0 amide bonds. The Morgan fingerprint density at radius 1 is 1.00 bits per heavy atom. The van der Waals surface area contributed by atoms with Crippen LogP contribution in [0.15, 0.2) is 0 Å². The molecule has 0 rings (SSSR count). The van der Waals surface area contributed by atoms with E-state index in [0.717, 1.165) is 24.3 Å². The highest BCUT2D eigenvalue weighted by molar-refractivity contribution is 7.85. The van der Waals surface area contributed by atoms with Crippen molar-refractivity contribution >= 4 is 21.6 Å². The molecule has 0 aliphatic carbocycles. The van der Waals surface area contributed by atoms with Gasteiger partial charge in [-0.1, -0.05) is 13.8 Å². The summed E-state index contributed by atoms with van der Waals surface area (Å²) in [5.41, 5.74) is 10.4. The molecule has 0 aliphatic heterocycles. The fourth-order valence-electron chi connectivity index (χ4n) is 0.748.